The van der Waals surface area contributed by atoms with Gasteiger partial charge < -0.3 is 0 Å². The summed E-state index contributed by atoms with van der Waals surface area (Å²) in [4.78, 5) is 73.0. The lowest BCUT2D eigenvalue weighted by Crippen LogP contribution is -2.11. The van der Waals surface area contributed by atoms with Crippen LogP contribution >= 0.6 is 0 Å². The molecule has 4 aliphatic carbocycles. The highest BCUT2D eigenvalue weighted by molar-refractivity contribution is 6.41. The molecule has 6 rings (SSSR count). The zero-order valence-electron chi connectivity index (χ0n) is 25.1. The summed E-state index contributed by atoms with van der Waals surface area (Å²) in [5.74, 6) is -1.15. The SMILES string of the molecule is CC1=CC(=C2C(=O)c3ccccc3C2=O)C=C(C)C1=O.CC1=CC(=C2C(=O)c3ccccc3C2=O)C=C(C)C1=O.CCC. The van der Waals surface area contributed by atoms with Crippen molar-refractivity contribution in [2.24, 2.45) is 0 Å². The maximum Gasteiger partial charge on any atom is 0.198 e. The molecule has 0 aromatic heterocycles. The molecule has 4 aliphatic rings. The molecule has 6 nitrogen and oxygen atoms in total. The van der Waals surface area contributed by atoms with Crippen LogP contribution in [0.3, 0.4) is 0 Å². The van der Waals surface area contributed by atoms with Crippen LogP contribution in [0.4, 0.5) is 0 Å². The van der Waals surface area contributed by atoms with Gasteiger partial charge in [-0.3, -0.25) is 28.8 Å². The summed E-state index contributed by atoms with van der Waals surface area (Å²) in [6.07, 6.45) is 7.72. The first kappa shape index (κ1) is 30.8. The number of hydrogen-bond acceptors (Lipinski definition) is 6. The summed E-state index contributed by atoms with van der Waals surface area (Å²) in [6, 6.07) is 13.6. The van der Waals surface area contributed by atoms with E-state index in [9.17, 15) is 28.8 Å². The Kier molecular flexibility index (Phi) is 8.90. The van der Waals surface area contributed by atoms with Gasteiger partial charge in [-0.25, -0.2) is 0 Å². The van der Waals surface area contributed by atoms with Crippen molar-refractivity contribution in [3.8, 4) is 0 Å². The second-order valence-corrected chi connectivity index (χ2v) is 10.7. The maximum absolute atomic E-state index is 12.4. The van der Waals surface area contributed by atoms with Crippen LogP contribution in [0.1, 0.15) is 89.4 Å². The van der Waals surface area contributed by atoms with E-state index in [1.165, 1.54) is 6.42 Å². The molecular weight excluding hydrogens is 540 g/mol. The lowest BCUT2D eigenvalue weighted by Gasteiger charge is -2.11. The average Bonchev–Trinajstić information content (AvgIpc) is 3.39. The van der Waals surface area contributed by atoms with Crippen molar-refractivity contribution < 1.29 is 28.8 Å². The molecule has 0 heterocycles. The van der Waals surface area contributed by atoms with Gasteiger partial charge in [0.25, 0.3) is 0 Å². The Morgan fingerprint density at radius 2 is 0.605 bits per heavy atom. The molecule has 0 radical (unpaired) electrons. The molecule has 43 heavy (non-hydrogen) atoms. The van der Waals surface area contributed by atoms with Gasteiger partial charge in [-0.2, -0.15) is 0 Å². The van der Waals surface area contributed by atoms with E-state index < -0.39 is 0 Å². The normalized spacial score (nSPS) is 17.3. The molecule has 0 aliphatic heterocycles. The van der Waals surface area contributed by atoms with Gasteiger partial charge in [0, 0.05) is 22.3 Å². The van der Waals surface area contributed by atoms with E-state index in [-0.39, 0.29) is 45.8 Å². The minimum Gasteiger partial charge on any atom is -0.289 e. The van der Waals surface area contributed by atoms with Crippen LogP contribution in [0.5, 0.6) is 0 Å². The van der Waals surface area contributed by atoms with Crippen LogP contribution in [0, 0.1) is 0 Å². The van der Waals surface area contributed by atoms with Crippen LogP contribution in [-0.2, 0) is 9.59 Å². The Labute approximate surface area is 250 Å². The van der Waals surface area contributed by atoms with Gasteiger partial charge in [0.05, 0.1) is 11.1 Å². The standard InChI is InChI=1S/2C17H12O3.C3H8/c2*1-9-7-11(8-10(2)15(9)18)14-16(19)12-5-3-4-6-13(12)17(14)20;1-3-2/h2*3-8H,1-2H3;3H2,1-2H3. The minimum absolute atomic E-state index is 0.0511. The molecule has 0 spiro atoms. The molecular formula is C37H32O6. The van der Waals surface area contributed by atoms with E-state index in [2.05, 4.69) is 13.8 Å². The van der Waals surface area contributed by atoms with E-state index in [4.69, 9.17) is 0 Å². The number of carbonyl (C=O) groups is 6. The monoisotopic (exact) mass is 572 g/mol. The third-order valence-corrected chi connectivity index (χ3v) is 7.24. The number of benzene rings is 2. The lowest BCUT2D eigenvalue weighted by molar-refractivity contribution is -0.113. The molecule has 0 saturated heterocycles. The second-order valence-electron chi connectivity index (χ2n) is 10.7. The smallest absolute Gasteiger partial charge is 0.198 e. The van der Waals surface area contributed by atoms with Crippen molar-refractivity contribution in [2.75, 3.05) is 0 Å². The number of carbonyl (C=O) groups excluding carboxylic acids is 6. The number of rotatable bonds is 0. The highest BCUT2D eigenvalue weighted by Gasteiger charge is 2.36. The molecule has 0 N–H and O–H groups in total. The Morgan fingerprint density at radius 3 is 0.814 bits per heavy atom. The predicted octanol–water partition coefficient (Wildman–Crippen LogP) is 7.09. The van der Waals surface area contributed by atoms with Crippen molar-refractivity contribution in [1.29, 1.82) is 0 Å². The van der Waals surface area contributed by atoms with Crippen molar-refractivity contribution >= 4 is 34.7 Å². The topological polar surface area (TPSA) is 102 Å². The van der Waals surface area contributed by atoms with E-state index in [0.29, 0.717) is 55.7 Å². The zero-order chi connectivity index (χ0) is 31.6. The lowest BCUT2D eigenvalue weighted by atomic mass is 9.91. The number of allylic oxidation sites excluding steroid dienone is 12. The van der Waals surface area contributed by atoms with Gasteiger partial charge in [0.2, 0.25) is 0 Å². The molecule has 0 saturated carbocycles. The molecule has 0 amide bonds. The molecule has 0 unspecified atom stereocenters. The van der Waals surface area contributed by atoms with Gasteiger partial charge >= 0.3 is 0 Å². The first-order chi connectivity index (χ1) is 20.4. The van der Waals surface area contributed by atoms with Gasteiger partial charge in [0.15, 0.2) is 34.7 Å². The average molecular weight is 573 g/mol. The van der Waals surface area contributed by atoms with E-state index in [1.54, 1.807) is 101 Å². The molecule has 216 valence electrons. The fourth-order valence-corrected chi connectivity index (χ4v) is 5.22. The van der Waals surface area contributed by atoms with Crippen molar-refractivity contribution in [2.45, 2.75) is 48.0 Å². The minimum atomic E-state index is -0.261. The first-order valence-electron chi connectivity index (χ1n) is 14.1. The summed E-state index contributed by atoms with van der Waals surface area (Å²) >= 11 is 0. The molecule has 0 fully saturated rings. The zero-order valence-corrected chi connectivity index (χ0v) is 25.1. The van der Waals surface area contributed by atoms with Gasteiger partial charge in [0.1, 0.15) is 0 Å². The van der Waals surface area contributed by atoms with Gasteiger partial charge in [-0.15, -0.1) is 0 Å². The summed E-state index contributed by atoms with van der Waals surface area (Å²) in [5.41, 5.74) is 5.33. The summed E-state index contributed by atoms with van der Waals surface area (Å²) in [5, 5.41) is 0. The van der Waals surface area contributed by atoms with Crippen LogP contribution in [0.25, 0.3) is 0 Å². The molecule has 0 atom stereocenters. The van der Waals surface area contributed by atoms with E-state index in [1.807, 2.05) is 0 Å². The van der Waals surface area contributed by atoms with Crippen LogP contribution in [0.2, 0.25) is 0 Å². The van der Waals surface area contributed by atoms with Crippen LogP contribution in [-0.4, -0.2) is 34.7 Å². The summed E-state index contributed by atoms with van der Waals surface area (Å²) in [7, 11) is 0. The maximum atomic E-state index is 12.4. The Morgan fingerprint density at radius 1 is 0.395 bits per heavy atom. The van der Waals surface area contributed by atoms with E-state index >= 15 is 0 Å². The highest BCUT2D eigenvalue weighted by Crippen LogP contribution is 2.33. The van der Waals surface area contributed by atoms with E-state index in [0.717, 1.165) is 0 Å². The number of fused-ring (bicyclic) bond motifs is 2. The number of ketones is 6. The molecule has 2 aromatic carbocycles. The fourth-order valence-electron chi connectivity index (χ4n) is 5.22. The van der Waals surface area contributed by atoms with Gasteiger partial charge in [-0.1, -0.05) is 68.8 Å². The third-order valence-electron chi connectivity index (χ3n) is 7.24. The Balaban J connectivity index is 0.000000181. The Bertz CT molecular complexity index is 1580. The largest absolute Gasteiger partial charge is 0.289 e. The van der Waals surface area contributed by atoms with Crippen molar-refractivity contribution in [1.82, 2.24) is 0 Å². The fraction of sp³-hybridized carbons (Fsp3) is 0.189. The van der Waals surface area contributed by atoms with Crippen molar-refractivity contribution in [3.05, 3.63) is 140 Å². The summed E-state index contributed by atoms with van der Waals surface area (Å²) < 4.78 is 0. The second kappa shape index (κ2) is 12.4. The number of Topliss-reactive ketones (excluding diaryl/α,β-unsaturated/α-hetero) is 6. The predicted molar refractivity (Wildman–Crippen MR) is 165 cm³/mol. The third kappa shape index (κ3) is 5.69. The number of hydrogen-bond donors (Lipinski definition) is 0. The molecule has 6 heteroatoms. The van der Waals surface area contributed by atoms with Crippen LogP contribution < -0.4 is 0 Å². The summed E-state index contributed by atoms with van der Waals surface area (Å²) in [6.45, 7) is 11.0. The molecule has 2 aromatic rings. The first-order valence-corrected chi connectivity index (χ1v) is 14.1. The van der Waals surface area contributed by atoms with Gasteiger partial charge in [-0.05, 0) is 85.4 Å². The Hall–Kier alpha value is -5.10. The van der Waals surface area contributed by atoms with Crippen LogP contribution in [0.15, 0.2) is 117 Å². The van der Waals surface area contributed by atoms with Crippen molar-refractivity contribution in [3.63, 3.8) is 0 Å². The highest BCUT2D eigenvalue weighted by atomic mass is 16.2. The molecule has 0 bridgehead atoms. The quantitative estimate of drug-likeness (QED) is 0.247.